The fourth-order valence-corrected chi connectivity index (χ4v) is 3.37. The van der Waals surface area contributed by atoms with E-state index in [-0.39, 0.29) is 12.0 Å². The Kier molecular flexibility index (Phi) is 5.98. The number of likely N-dealkylation sites (tertiary alicyclic amines) is 1. The first-order chi connectivity index (χ1) is 10.5. The van der Waals surface area contributed by atoms with Crippen LogP contribution in [-0.2, 0) is 16.1 Å². The van der Waals surface area contributed by atoms with Crippen molar-refractivity contribution in [2.45, 2.75) is 45.7 Å². The second-order valence-electron chi connectivity index (χ2n) is 6.60. The van der Waals surface area contributed by atoms with Gasteiger partial charge in [-0.25, -0.2) is 0 Å². The minimum atomic E-state index is -0.125. The Labute approximate surface area is 133 Å². The number of benzene rings is 1. The number of methoxy groups -OCH3 is 1. The van der Waals surface area contributed by atoms with E-state index in [0.717, 1.165) is 32.5 Å². The number of ether oxygens (including phenoxy) is 1. The van der Waals surface area contributed by atoms with Gasteiger partial charge in [0, 0.05) is 32.1 Å². The molecule has 4 heteroatoms. The Morgan fingerprint density at radius 2 is 2.14 bits per heavy atom. The number of nitrogens with two attached hydrogens (primary N) is 1. The highest BCUT2D eigenvalue weighted by Gasteiger charge is 2.25. The summed E-state index contributed by atoms with van der Waals surface area (Å²) < 4.78 is 4.73. The third-order valence-corrected chi connectivity index (χ3v) is 4.52. The van der Waals surface area contributed by atoms with E-state index >= 15 is 0 Å². The van der Waals surface area contributed by atoms with Gasteiger partial charge in [0.05, 0.1) is 7.11 Å². The van der Waals surface area contributed by atoms with Crippen molar-refractivity contribution < 1.29 is 9.53 Å². The topological polar surface area (TPSA) is 55.6 Å². The fraction of sp³-hybridized carbons (Fsp3) is 0.611. The lowest BCUT2D eigenvalue weighted by Gasteiger charge is -2.36. The molecule has 2 rings (SSSR count). The Morgan fingerprint density at radius 3 is 2.82 bits per heavy atom. The van der Waals surface area contributed by atoms with Gasteiger partial charge in [-0.1, -0.05) is 23.8 Å². The summed E-state index contributed by atoms with van der Waals surface area (Å²) in [4.78, 5) is 13.7. The summed E-state index contributed by atoms with van der Waals surface area (Å²) in [6, 6.07) is 6.81. The Balaban J connectivity index is 1.94. The van der Waals surface area contributed by atoms with Gasteiger partial charge < -0.3 is 10.5 Å². The Bertz CT molecular complexity index is 516. The van der Waals surface area contributed by atoms with Crippen LogP contribution >= 0.6 is 0 Å². The van der Waals surface area contributed by atoms with Crippen LogP contribution in [0.5, 0.6) is 0 Å². The minimum Gasteiger partial charge on any atom is -0.469 e. The summed E-state index contributed by atoms with van der Waals surface area (Å²) in [6.07, 6.45) is 2.36. The quantitative estimate of drug-likeness (QED) is 0.849. The molecule has 1 aromatic rings. The zero-order chi connectivity index (χ0) is 16.1. The van der Waals surface area contributed by atoms with E-state index in [4.69, 9.17) is 10.5 Å². The van der Waals surface area contributed by atoms with E-state index in [9.17, 15) is 4.79 Å². The van der Waals surface area contributed by atoms with Crippen molar-refractivity contribution in [3.8, 4) is 0 Å². The predicted molar refractivity (Wildman–Crippen MR) is 88.5 cm³/mol. The highest BCUT2D eigenvalue weighted by molar-refractivity contribution is 5.69. The van der Waals surface area contributed by atoms with Crippen LogP contribution in [-0.4, -0.2) is 37.1 Å². The van der Waals surface area contributed by atoms with Crippen molar-refractivity contribution in [2.75, 3.05) is 20.2 Å². The standard InChI is InChI=1S/C18H28N2O2/c1-13-4-6-16(14(2)8-13)11-20-10-15(9-17(19)12-20)5-7-18(21)22-3/h4,6,8,15,17H,5,7,9-12,19H2,1-3H3. The second-order valence-corrected chi connectivity index (χ2v) is 6.60. The van der Waals surface area contributed by atoms with Gasteiger partial charge in [-0.2, -0.15) is 0 Å². The molecular weight excluding hydrogens is 276 g/mol. The van der Waals surface area contributed by atoms with Crippen LogP contribution in [0.4, 0.5) is 0 Å². The van der Waals surface area contributed by atoms with Crippen molar-refractivity contribution in [3.63, 3.8) is 0 Å². The first-order valence-electron chi connectivity index (χ1n) is 8.08. The molecule has 2 unspecified atom stereocenters. The van der Waals surface area contributed by atoms with Crippen LogP contribution in [0, 0.1) is 19.8 Å². The zero-order valence-corrected chi connectivity index (χ0v) is 14.0. The minimum absolute atomic E-state index is 0.125. The third-order valence-electron chi connectivity index (χ3n) is 4.52. The molecular formula is C18H28N2O2. The lowest BCUT2D eigenvalue weighted by molar-refractivity contribution is -0.141. The van der Waals surface area contributed by atoms with Crippen LogP contribution in [0.25, 0.3) is 0 Å². The van der Waals surface area contributed by atoms with Crippen LogP contribution in [0.1, 0.15) is 36.0 Å². The van der Waals surface area contributed by atoms with Crippen molar-refractivity contribution in [1.82, 2.24) is 4.90 Å². The van der Waals surface area contributed by atoms with Gasteiger partial charge in [-0.3, -0.25) is 9.69 Å². The Hall–Kier alpha value is -1.39. The molecule has 0 spiro atoms. The number of piperidine rings is 1. The highest BCUT2D eigenvalue weighted by Crippen LogP contribution is 2.23. The van der Waals surface area contributed by atoms with Gasteiger partial charge >= 0.3 is 5.97 Å². The molecule has 1 fully saturated rings. The molecule has 0 saturated carbocycles. The molecule has 4 nitrogen and oxygen atoms in total. The molecule has 2 N–H and O–H groups in total. The summed E-state index contributed by atoms with van der Waals surface area (Å²) in [6.45, 7) is 7.17. The van der Waals surface area contributed by atoms with Gasteiger partial charge in [-0.05, 0) is 43.7 Å². The smallest absolute Gasteiger partial charge is 0.305 e. The van der Waals surface area contributed by atoms with Crippen LogP contribution in [0.15, 0.2) is 18.2 Å². The molecule has 2 atom stereocenters. The first-order valence-corrected chi connectivity index (χ1v) is 8.08. The average Bonchev–Trinajstić information content (AvgIpc) is 2.47. The average molecular weight is 304 g/mol. The Morgan fingerprint density at radius 1 is 1.36 bits per heavy atom. The maximum Gasteiger partial charge on any atom is 0.305 e. The normalized spacial score (nSPS) is 22.5. The molecule has 1 aliphatic rings. The monoisotopic (exact) mass is 304 g/mol. The van der Waals surface area contributed by atoms with Crippen molar-refractivity contribution in [2.24, 2.45) is 11.7 Å². The molecule has 0 aromatic heterocycles. The van der Waals surface area contributed by atoms with E-state index in [1.54, 1.807) is 0 Å². The molecule has 1 saturated heterocycles. The fourth-order valence-electron chi connectivity index (χ4n) is 3.37. The third kappa shape index (κ3) is 4.82. The van der Waals surface area contributed by atoms with Crippen molar-refractivity contribution in [1.29, 1.82) is 0 Å². The van der Waals surface area contributed by atoms with Crippen LogP contribution < -0.4 is 5.73 Å². The van der Waals surface area contributed by atoms with Crippen molar-refractivity contribution in [3.05, 3.63) is 34.9 Å². The van der Waals surface area contributed by atoms with Gasteiger partial charge in [0.2, 0.25) is 0 Å². The maximum absolute atomic E-state index is 11.3. The molecule has 0 radical (unpaired) electrons. The number of carbonyl (C=O) groups is 1. The van der Waals surface area contributed by atoms with E-state index in [2.05, 4.69) is 36.9 Å². The van der Waals surface area contributed by atoms with Gasteiger partial charge in [0.1, 0.15) is 0 Å². The SMILES string of the molecule is COC(=O)CCC1CC(N)CN(Cc2ccc(C)cc2C)C1. The zero-order valence-electron chi connectivity index (χ0n) is 14.0. The lowest BCUT2D eigenvalue weighted by atomic mass is 9.90. The van der Waals surface area contributed by atoms with E-state index in [1.165, 1.54) is 23.8 Å². The highest BCUT2D eigenvalue weighted by atomic mass is 16.5. The summed E-state index contributed by atoms with van der Waals surface area (Å²) in [7, 11) is 1.45. The second kappa shape index (κ2) is 7.75. The van der Waals surface area contributed by atoms with Gasteiger partial charge in [0.25, 0.3) is 0 Å². The molecule has 0 aliphatic carbocycles. The molecule has 0 amide bonds. The van der Waals surface area contributed by atoms with Crippen LogP contribution in [0.3, 0.4) is 0 Å². The number of aryl methyl sites for hydroxylation is 2. The lowest BCUT2D eigenvalue weighted by Crippen LogP contribution is -2.46. The van der Waals surface area contributed by atoms with E-state index in [1.807, 2.05) is 0 Å². The molecule has 1 aromatic carbocycles. The molecule has 122 valence electrons. The molecule has 0 bridgehead atoms. The largest absolute Gasteiger partial charge is 0.469 e. The maximum atomic E-state index is 11.3. The number of esters is 1. The summed E-state index contributed by atoms with van der Waals surface area (Å²) in [5, 5.41) is 0. The summed E-state index contributed by atoms with van der Waals surface area (Å²) in [5.74, 6) is 0.355. The van der Waals surface area contributed by atoms with E-state index < -0.39 is 0 Å². The number of rotatable bonds is 5. The van der Waals surface area contributed by atoms with Gasteiger partial charge in [-0.15, -0.1) is 0 Å². The van der Waals surface area contributed by atoms with Gasteiger partial charge in [0.15, 0.2) is 0 Å². The summed E-state index contributed by atoms with van der Waals surface area (Å²) >= 11 is 0. The molecule has 1 heterocycles. The number of hydrogen-bond acceptors (Lipinski definition) is 4. The predicted octanol–water partition coefficient (Wildman–Crippen LogP) is 2.41. The first kappa shape index (κ1) is 17.0. The van der Waals surface area contributed by atoms with E-state index in [0.29, 0.717) is 12.3 Å². The van der Waals surface area contributed by atoms with Crippen molar-refractivity contribution >= 4 is 5.97 Å². The number of nitrogens with zero attached hydrogens (tertiary/aromatic N) is 1. The summed E-state index contributed by atoms with van der Waals surface area (Å²) in [5.41, 5.74) is 10.2. The molecule has 22 heavy (non-hydrogen) atoms. The van der Waals surface area contributed by atoms with Crippen LogP contribution in [0.2, 0.25) is 0 Å². The molecule has 1 aliphatic heterocycles. The number of carbonyl (C=O) groups excluding carboxylic acids is 1. The number of hydrogen-bond donors (Lipinski definition) is 1.